The van der Waals surface area contributed by atoms with E-state index in [0.717, 1.165) is 47.8 Å². The largest absolute Gasteiger partial charge is 0.399 e. The van der Waals surface area contributed by atoms with Gasteiger partial charge in [-0.05, 0) is 94.2 Å². The molecule has 0 aromatic heterocycles. The van der Waals surface area contributed by atoms with Crippen molar-refractivity contribution in [2.45, 2.75) is 100 Å². The zero-order chi connectivity index (χ0) is 24.7. The van der Waals surface area contributed by atoms with Crippen LogP contribution in [0.2, 0.25) is 0 Å². The van der Waals surface area contributed by atoms with E-state index in [1.54, 1.807) is 19.2 Å². The average molecular weight is 445 g/mol. The first-order valence-electron chi connectivity index (χ1n) is 12.4. The monoisotopic (exact) mass is 444 g/mol. The fraction of sp³-hybridized carbons (Fsp3) is 0.643. The molecule has 4 nitrogen and oxygen atoms in total. The summed E-state index contributed by atoms with van der Waals surface area (Å²) >= 11 is 0. The smallest absolute Gasteiger partial charge is 0.227 e. The number of nitrogens with one attached hydrogen (secondary N) is 1. The number of aryl methyl sites for hydroxylation is 1. The van der Waals surface area contributed by atoms with Gasteiger partial charge in [-0.15, -0.1) is 0 Å². The highest BCUT2D eigenvalue weighted by Gasteiger charge is 2.24. The number of benzene rings is 1. The highest BCUT2D eigenvalue weighted by Crippen LogP contribution is 2.30. The Hall–Kier alpha value is -2.10. The van der Waals surface area contributed by atoms with E-state index in [1.165, 1.54) is 25.7 Å². The average Bonchev–Trinajstić information content (AvgIpc) is 2.77. The van der Waals surface area contributed by atoms with Crippen LogP contribution in [0.1, 0.15) is 108 Å². The molecular formula is C28H48N2O2. The minimum atomic E-state index is 0.0900. The summed E-state index contributed by atoms with van der Waals surface area (Å²) in [6, 6.07) is 3.67. The fourth-order valence-electron chi connectivity index (χ4n) is 3.74. The van der Waals surface area contributed by atoms with Crippen molar-refractivity contribution in [2.24, 2.45) is 17.8 Å². The van der Waals surface area contributed by atoms with Crippen molar-refractivity contribution in [3.8, 4) is 0 Å². The van der Waals surface area contributed by atoms with E-state index >= 15 is 0 Å². The quantitative estimate of drug-likeness (QED) is 0.358. The van der Waals surface area contributed by atoms with E-state index in [2.05, 4.69) is 33.0 Å². The Morgan fingerprint density at radius 1 is 1.12 bits per heavy atom. The van der Waals surface area contributed by atoms with Crippen LogP contribution in [-0.4, -0.2) is 11.7 Å². The van der Waals surface area contributed by atoms with Crippen molar-refractivity contribution in [1.82, 2.24) is 5.32 Å². The van der Waals surface area contributed by atoms with Gasteiger partial charge in [-0.3, -0.25) is 9.59 Å². The molecule has 0 bridgehead atoms. The van der Waals surface area contributed by atoms with E-state index in [4.69, 9.17) is 5.73 Å². The van der Waals surface area contributed by atoms with Gasteiger partial charge in [0.1, 0.15) is 0 Å². The number of ketones is 1. The van der Waals surface area contributed by atoms with Crippen molar-refractivity contribution in [2.75, 3.05) is 5.73 Å². The molecule has 1 saturated carbocycles. The first kappa shape index (κ1) is 29.9. The minimum Gasteiger partial charge on any atom is -0.399 e. The number of allylic oxidation sites excluding steroid dienone is 1. The number of rotatable bonds is 6. The molecule has 0 radical (unpaired) electrons. The summed E-state index contributed by atoms with van der Waals surface area (Å²) in [4.78, 5) is 22.9. The number of carbonyl (C=O) groups excluding carboxylic acids is 2. The summed E-state index contributed by atoms with van der Waals surface area (Å²) in [6.07, 6.45) is 11.6. The molecule has 32 heavy (non-hydrogen) atoms. The van der Waals surface area contributed by atoms with Gasteiger partial charge in [-0.25, -0.2) is 0 Å². The molecule has 1 amide bonds. The van der Waals surface area contributed by atoms with Crippen LogP contribution >= 0.6 is 0 Å². The Kier molecular flexibility index (Phi) is 15.4. The van der Waals surface area contributed by atoms with Crippen molar-refractivity contribution >= 4 is 17.4 Å². The van der Waals surface area contributed by atoms with Gasteiger partial charge >= 0.3 is 0 Å². The summed E-state index contributed by atoms with van der Waals surface area (Å²) in [5.74, 6) is 2.30. The highest BCUT2D eigenvalue weighted by atomic mass is 16.1. The predicted molar refractivity (Wildman–Crippen MR) is 139 cm³/mol. The molecule has 1 fully saturated rings. The second-order valence-corrected chi connectivity index (χ2v) is 9.21. The fourth-order valence-corrected chi connectivity index (χ4v) is 3.74. The molecule has 0 heterocycles. The molecule has 182 valence electrons. The topological polar surface area (TPSA) is 72.2 Å². The summed E-state index contributed by atoms with van der Waals surface area (Å²) in [5, 5.41) is 2.82. The van der Waals surface area contributed by atoms with Gasteiger partial charge in [0, 0.05) is 17.2 Å². The lowest BCUT2D eigenvalue weighted by Crippen LogP contribution is -2.29. The normalized spacial score (nSPS) is 17.8. The maximum atomic E-state index is 11.6. The van der Waals surface area contributed by atoms with Gasteiger partial charge in [-0.1, -0.05) is 53.5 Å². The summed E-state index contributed by atoms with van der Waals surface area (Å²) in [7, 11) is 0. The lowest BCUT2D eigenvalue weighted by atomic mass is 9.80. The molecule has 0 saturated heterocycles. The maximum Gasteiger partial charge on any atom is 0.227 e. The first-order chi connectivity index (χ1) is 15.1. The zero-order valence-electron chi connectivity index (χ0n) is 21.9. The third-order valence-corrected chi connectivity index (χ3v) is 6.23. The lowest BCUT2D eigenvalue weighted by molar-refractivity contribution is -0.125. The zero-order valence-corrected chi connectivity index (χ0v) is 21.9. The van der Waals surface area contributed by atoms with Gasteiger partial charge < -0.3 is 11.1 Å². The Morgan fingerprint density at radius 2 is 1.69 bits per heavy atom. The molecule has 0 aliphatic heterocycles. The standard InChI is InChI=1S/C12H21NO.C11H15NO.C5H12/c1-3-9-13-12(14)11-7-5-10(4-2)6-8-11;1-4-10-7(2)5-9(12)6-11(10)8(3)13;1-4-5(2)3/h3,9-11H,4-8H2,1-2H3,(H,13,14);5-6H,4,12H2,1-3H3;5H,4H2,1-3H3/b9-3+;;. The number of carbonyl (C=O) groups is 2. The number of amides is 1. The molecule has 4 heteroatoms. The van der Waals surface area contributed by atoms with Crippen molar-refractivity contribution < 1.29 is 9.59 Å². The van der Waals surface area contributed by atoms with Crippen molar-refractivity contribution in [1.29, 1.82) is 0 Å². The van der Waals surface area contributed by atoms with Gasteiger partial charge in [-0.2, -0.15) is 0 Å². The molecule has 3 N–H and O–H groups in total. The van der Waals surface area contributed by atoms with Crippen LogP contribution in [0.25, 0.3) is 0 Å². The number of anilines is 1. The molecular weight excluding hydrogens is 396 g/mol. The molecule has 0 unspecified atom stereocenters. The summed E-state index contributed by atoms with van der Waals surface area (Å²) < 4.78 is 0. The molecule has 1 aromatic carbocycles. The first-order valence-corrected chi connectivity index (χ1v) is 12.4. The Morgan fingerprint density at radius 3 is 2.09 bits per heavy atom. The third-order valence-electron chi connectivity index (χ3n) is 6.23. The number of Topliss-reactive ketones (excluding diaryl/α,β-unsaturated/α-hetero) is 1. The summed E-state index contributed by atoms with van der Waals surface area (Å²) in [6.45, 7) is 16.4. The van der Waals surface area contributed by atoms with Crippen LogP contribution in [0.3, 0.4) is 0 Å². The van der Waals surface area contributed by atoms with Crippen LogP contribution in [0.5, 0.6) is 0 Å². The SMILES string of the molecule is C/C=C/NC(=O)C1CCC(CC)CC1.CCC(C)C.CCc1c(C)cc(N)cc1C(C)=O. The van der Waals surface area contributed by atoms with E-state index < -0.39 is 0 Å². The van der Waals surface area contributed by atoms with E-state index in [-0.39, 0.29) is 17.6 Å². The van der Waals surface area contributed by atoms with E-state index in [0.29, 0.717) is 5.69 Å². The molecule has 0 spiro atoms. The van der Waals surface area contributed by atoms with Crippen LogP contribution in [0.4, 0.5) is 5.69 Å². The van der Waals surface area contributed by atoms with Gasteiger partial charge in [0.05, 0.1) is 0 Å². The summed E-state index contributed by atoms with van der Waals surface area (Å²) in [5.41, 5.74) is 9.32. The Bertz CT molecular complexity index is 714. The number of hydrogen-bond acceptors (Lipinski definition) is 3. The van der Waals surface area contributed by atoms with Crippen molar-refractivity contribution in [3.05, 3.63) is 41.1 Å². The van der Waals surface area contributed by atoms with Crippen LogP contribution in [0.15, 0.2) is 24.4 Å². The molecule has 2 rings (SSSR count). The second-order valence-electron chi connectivity index (χ2n) is 9.21. The predicted octanol–water partition coefficient (Wildman–Crippen LogP) is 7.25. The maximum absolute atomic E-state index is 11.6. The number of hydrogen-bond donors (Lipinski definition) is 2. The lowest BCUT2D eigenvalue weighted by Gasteiger charge is -2.26. The number of nitrogens with two attached hydrogens (primary N) is 1. The Labute approximate surface area is 197 Å². The van der Waals surface area contributed by atoms with Gasteiger partial charge in [0.15, 0.2) is 5.78 Å². The molecule has 1 aliphatic carbocycles. The van der Waals surface area contributed by atoms with E-state index in [1.807, 2.05) is 32.9 Å². The van der Waals surface area contributed by atoms with Crippen LogP contribution < -0.4 is 11.1 Å². The Balaban J connectivity index is 0.000000499. The van der Waals surface area contributed by atoms with E-state index in [9.17, 15) is 9.59 Å². The number of nitrogen functional groups attached to an aromatic ring is 1. The molecule has 1 aliphatic rings. The van der Waals surface area contributed by atoms with Gasteiger partial charge in [0.25, 0.3) is 0 Å². The van der Waals surface area contributed by atoms with Crippen LogP contribution in [-0.2, 0) is 11.2 Å². The molecule has 1 aromatic rings. The van der Waals surface area contributed by atoms with Gasteiger partial charge in [0.2, 0.25) is 5.91 Å². The minimum absolute atomic E-state index is 0.0900. The van der Waals surface area contributed by atoms with Crippen LogP contribution in [0, 0.1) is 24.7 Å². The highest BCUT2D eigenvalue weighted by molar-refractivity contribution is 5.96. The second kappa shape index (κ2) is 16.5. The third kappa shape index (κ3) is 11.5. The molecule has 0 atom stereocenters. The van der Waals surface area contributed by atoms with Crippen molar-refractivity contribution in [3.63, 3.8) is 0 Å².